The van der Waals surface area contributed by atoms with Gasteiger partial charge in [-0.3, -0.25) is 4.79 Å². The summed E-state index contributed by atoms with van der Waals surface area (Å²) in [4.78, 5) is 11.8. The number of rotatable bonds is 5. The van der Waals surface area contributed by atoms with E-state index in [9.17, 15) is 4.79 Å². The van der Waals surface area contributed by atoms with Gasteiger partial charge in [-0.25, -0.2) is 0 Å². The minimum absolute atomic E-state index is 0.107. The van der Waals surface area contributed by atoms with Crippen LogP contribution in [0.4, 0.5) is 0 Å². The average Bonchev–Trinajstić information content (AvgIpc) is 2.47. The summed E-state index contributed by atoms with van der Waals surface area (Å²) in [5.74, 6) is -0.107. The van der Waals surface area contributed by atoms with E-state index in [1.165, 1.54) is 10.4 Å². The van der Waals surface area contributed by atoms with Crippen LogP contribution in [0.15, 0.2) is 60.7 Å². The standard InChI is InChI=1S/C16H17O2Si/c1-2-18-16(17)13-19(14-9-5-3-6-10-14)15-11-7-4-8-12-15/h3-12H,2,13H2,1H3. The molecule has 0 saturated heterocycles. The van der Waals surface area contributed by atoms with Crippen molar-refractivity contribution in [1.82, 2.24) is 0 Å². The van der Waals surface area contributed by atoms with Gasteiger partial charge in [-0.05, 0) is 6.92 Å². The third kappa shape index (κ3) is 3.79. The summed E-state index contributed by atoms with van der Waals surface area (Å²) in [7, 11) is -1.10. The average molecular weight is 269 g/mol. The quantitative estimate of drug-likeness (QED) is 0.612. The Bertz CT molecular complexity index is 471. The van der Waals surface area contributed by atoms with E-state index in [2.05, 4.69) is 24.3 Å². The van der Waals surface area contributed by atoms with Crippen molar-refractivity contribution in [2.45, 2.75) is 13.0 Å². The Kier molecular flexibility index (Phi) is 4.92. The number of ether oxygens (including phenoxy) is 1. The van der Waals surface area contributed by atoms with Crippen LogP contribution in [0.1, 0.15) is 6.92 Å². The molecule has 0 amide bonds. The molecule has 0 atom stereocenters. The van der Waals surface area contributed by atoms with Crippen molar-refractivity contribution < 1.29 is 9.53 Å². The van der Waals surface area contributed by atoms with Gasteiger partial charge < -0.3 is 4.74 Å². The number of hydrogen-bond donors (Lipinski definition) is 0. The normalized spacial score (nSPS) is 10.4. The van der Waals surface area contributed by atoms with Crippen molar-refractivity contribution in [2.75, 3.05) is 6.61 Å². The van der Waals surface area contributed by atoms with Gasteiger partial charge in [-0.2, -0.15) is 0 Å². The van der Waals surface area contributed by atoms with Crippen LogP contribution in [0.25, 0.3) is 0 Å². The minimum atomic E-state index is -1.10. The molecule has 0 N–H and O–H groups in total. The molecule has 0 aliphatic heterocycles. The molecule has 0 fully saturated rings. The van der Waals surface area contributed by atoms with Crippen molar-refractivity contribution in [3.05, 3.63) is 60.7 Å². The number of hydrogen-bond acceptors (Lipinski definition) is 2. The van der Waals surface area contributed by atoms with Crippen molar-refractivity contribution >= 4 is 25.1 Å². The smallest absolute Gasteiger partial charge is 0.303 e. The summed E-state index contributed by atoms with van der Waals surface area (Å²) >= 11 is 0. The number of carbonyl (C=O) groups excluding carboxylic acids is 1. The van der Waals surface area contributed by atoms with Gasteiger partial charge in [0.15, 0.2) is 0 Å². The predicted molar refractivity (Wildman–Crippen MR) is 79.3 cm³/mol. The van der Waals surface area contributed by atoms with Crippen LogP contribution in [-0.2, 0) is 9.53 Å². The molecular formula is C16H17O2Si. The van der Waals surface area contributed by atoms with Crippen molar-refractivity contribution in [2.24, 2.45) is 0 Å². The monoisotopic (exact) mass is 269 g/mol. The molecule has 97 valence electrons. The molecule has 0 bridgehead atoms. The highest BCUT2D eigenvalue weighted by atomic mass is 28.3. The summed E-state index contributed by atoms with van der Waals surface area (Å²) in [5, 5.41) is 2.48. The third-order valence-electron chi connectivity index (χ3n) is 2.87. The maximum atomic E-state index is 11.8. The Morgan fingerprint density at radius 3 is 1.84 bits per heavy atom. The van der Waals surface area contributed by atoms with E-state index in [4.69, 9.17) is 4.74 Å². The fourth-order valence-electron chi connectivity index (χ4n) is 2.01. The lowest BCUT2D eigenvalue weighted by Crippen LogP contribution is -2.43. The Labute approximate surface area is 115 Å². The zero-order valence-corrected chi connectivity index (χ0v) is 12.0. The van der Waals surface area contributed by atoms with E-state index in [1.807, 2.05) is 43.3 Å². The first-order valence-corrected chi connectivity index (χ1v) is 8.14. The molecule has 0 heterocycles. The molecule has 0 aliphatic carbocycles. The zero-order chi connectivity index (χ0) is 13.5. The highest BCUT2D eigenvalue weighted by molar-refractivity contribution is 6.87. The second-order valence-electron chi connectivity index (χ2n) is 4.19. The fourth-order valence-corrected chi connectivity index (χ4v) is 4.33. The Hall–Kier alpha value is -1.87. The van der Waals surface area contributed by atoms with Crippen molar-refractivity contribution in [3.63, 3.8) is 0 Å². The first kappa shape index (κ1) is 13.6. The molecule has 0 unspecified atom stereocenters. The van der Waals surface area contributed by atoms with E-state index >= 15 is 0 Å². The van der Waals surface area contributed by atoms with Gasteiger partial charge in [0.2, 0.25) is 0 Å². The largest absolute Gasteiger partial charge is 0.466 e. The van der Waals surface area contributed by atoms with Gasteiger partial charge in [-0.15, -0.1) is 0 Å². The molecule has 0 spiro atoms. The third-order valence-corrected chi connectivity index (χ3v) is 5.57. The Morgan fingerprint density at radius 1 is 0.947 bits per heavy atom. The van der Waals surface area contributed by atoms with Gasteiger partial charge in [0.1, 0.15) is 8.80 Å². The van der Waals surface area contributed by atoms with Crippen LogP contribution in [0.3, 0.4) is 0 Å². The summed E-state index contributed by atoms with van der Waals surface area (Å²) in [6.45, 7) is 2.28. The van der Waals surface area contributed by atoms with Gasteiger partial charge >= 0.3 is 5.97 Å². The van der Waals surface area contributed by atoms with E-state index in [0.717, 1.165) is 0 Å². The molecule has 2 aromatic rings. The highest BCUT2D eigenvalue weighted by Crippen LogP contribution is 2.00. The first-order chi connectivity index (χ1) is 9.31. The molecule has 0 aromatic heterocycles. The molecule has 2 rings (SSSR count). The van der Waals surface area contributed by atoms with Crippen LogP contribution in [-0.4, -0.2) is 21.4 Å². The summed E-state index contributed by atoms with van der Waals surface area (Å²) in [5.41, 5.74) is 0. The van der Waals surface area contributed by atoms with Gasteiger partial charge in [0.05, 0.1) is 6.61 Å². The van der Waals surface area contributed by atoms with Gasteiger partial charge in [-0.1, -0.05) is 71.0 Å². The summed E-state index contributed by atoms with van der Waals surface area (Å²) in [6, 6.07) is 21.0. The molecule has 2 nitrogen and oxygen atoms in total. The van der Waals surface area contributed by atoms with Crippen molar-refractivity contribution in [1.29, 1.82) is 0 Å². The predicted octanol–water partition coefficient (Wildman–Crippen LogP) is 1.86. The van der Waals surface area contributed by atoms with Gasteiger partial charge in [0, 0.05) is 6.04 Å². The van der Waals surface area contributed by atoms with Crippen LogP contribution < -0.4 is 10.4 Å². The number of benzene rings is 2. The SMILES string of the molecule is CCOC(=O)C[Si](c1ccccc1)c1ccccc1. The lowest BCUT2D eigenvalue weighted by atomic mass is 10.4. The number of carbonyl (C=O) groups is 1. The zero-order valence-electron chi connectivity index (χ0n) is 11.0. The van der Waals surface area contributed by atoms with E-state index < -0.39 is 8.80 Å². The Balaban J connectivity index is 2.26. The summed E-state index contributed by atoms with van der Waals surface area (Å²) in [6.07, 6.45) is 0. The topological polar surface area (TPSA) is 26.3 Å². The molecule has 1 radical (unpaired) electrons. The molecule has 0 saturated carbocycles. The molecular weight excluding hydrogens is 252 g/mol. The second kappa shape index (κ2) is 6.90. The maximum absolute atomic E-state index is 11.8. The second-order valence-corrected chi connectivity index (χ2v) is 6.66. The number of esters is 1. The van der Waals surface area contributed by atoms with Crippen LogP contribution in [0.5, 0.6) is 0 Å². The van der Waals surface area contributed by atoms with Gasteiger partial charge in [0.25, 0.3) is 0 Å². The van der Waals surface area contributed by atoms with Crippen LogP contribution in [0, 0.1) is 0 Å². The molecule has 3 heteroatoms. The minimum Gasteiger partial charge on any atom is -0.466 e. The van der Waals surface area contributed by atoms with E-state index in [0.29, 0.717) is 12.7 Å². The summed E-state index contributed by atoms with van der Waals surface area (Å²) < 4.78 is 5.10. The first-order valence-electron chi connectivity index (χ1n) is 6.43. The lowest BCUT2D eigenvalue weighted by molar-refractivity contribution is -0.140. The highest BCUT2D eigenvalue weighted by Gasteiger charge is 2.20. The maximum Gasteiger partial charge on any atom is 0.303 e. The molecule has 0 aliphatic rings. The van der Waals surface area contributed by atoms with E-state index in [-0.39, 0.29) is 5.97 Å². The molecule has 19 heavy (non-hydrogen) atoms. The van der Waals surface area contributed by atoms with Crippen LogP contribution >= 0.6 is 0 Å². The van der Waals surface area contributed by atoms with Crippen molar-refractivity contribution in [3.8, 4) is 0 Å². The molecule has 2 aromatic carbocycles. The van der Waals surface area contributed by atoms with Crippen LogP contribution in [0.2, 0.25) is 6.04 Å². The Morgan fingerprint density at radius 2 is 1.42 bits per heavy atom. The van der Waals surface area contributed by atoms with E-state index in [1.54, 1.807) is 0 Å². The fraction of sp³-hybridized carbons (Fsp3) is 0.188. The lowest BCUT2D eigenvalue weighted by Gasteiger charge is -2.15.